The lowest BCUT2D eigenvalue weighted by Gasteiger charge is -2.26. The summed E-state index contributed by atoms with van der Waals surface area (Å²) in [6.07, 6.45) is 1.17. The molecular formula is C12H17NO. The second kappa shape index (κ2) is 4.58. The van der Waals surface area contributed by atoms with E-state index in [1.807, 2.05) is 0 Å². The van der Waals surface area contributed by atoms with Gasteiger partial charge in [0, 0.05) is 0 Å². The van der Waals surface area contributed by atoms with Crippen LogP contribution in [0.5, 0.6) is 0 Å². The molecule has 0 bridgehead atoms. The summed E-state index contributed by atoms with van der Waals surface area (Å²) in [6.45, 7) is 4.81. The van der Waals surface area contributed by atoms with Gasteiger partial charge in [-0.05, 0) is 24.1 Å². The number of nitrogens with one attached hydrogen (secondary N) is 1. The first-order valence-corrected chi connectivity index (χ1v) is 5.30. The van der Waals surface area contributed by atoms with Gasteiger partial charge in [0.25, 0.3) is 0 Å². The third-order valence-electron chi connectivity index (χ3n) is 2.61. The highest BCUT2D eigenvalue weighted by Gasteiger charge is 2.18. The molecule has 1 heterocycles. The Labute approximate surface area is 85.3 Å². The quantitative estimate of drug-likeness (QED) is 0.791. The van der Waals surface area contributed by atoms with E-state index in [0.717, 1.165) is 19.8 Å². The predicted octanol–water partition coefficient (Wildman–Crippen LogP) is 2.26. The molecular weight excluding hydrogens is 174 g/mol. The third-order valence-corrected chi connectivity index (χ3v) is 2.61. The Balaban J connectivity index is 2.14. The smallest absolute Gasteiger partial charge is 0.0721 e. The maximum absolute atomic E-state index is 5.54. The van der Waals surface area contributed by atoms with Crippen LogP contribution in [-0.2, 0) is 11.3 Å². The fourth-order valence-electron chi connectivity index (χ4n) is 1.87. The van der Waals surface area contributed by atoms with Crippen molar-refractivity contribution in [2.24, 2.45) is 0 Å². The normalized spacial score (nSPS) is 20.5. The molecule has 1 aromatic carbocycles. The molecule has 0 unspecified atom stereocenters. The molecule has 0 saturated carbocycles. The third kappa shape index (κ3) is 1.97. The fraction of sp³-hybridized carbons (Fsp3) is 0.500. The van der Waals surface area contributed by atoms with Crippen molar-refractivity contribution in [3.63, 3.8) is 0 Å². The Morgan fingerprint density at radius 3 is 3.14 bits per heavy atom. The average Bonchev–Trinajstić information content (AvgIpc) is 2.26. The number of benzene rings is 1. The second-order valence-electron chi connectivity index (χ2n) is 3.72. The van der Waals surface area contributed by atoms with E-state index in [0.29, 0.717) is 6.04 Å². The molecule has 0 aromatic heterocycles. The average molecular weight is 191 g/mol. The fourth-order valence-corrected chi connectivity index (χ4v) is 1.87. The van der Waals surface area contributed by atoms with Crippen LogP contribution in [0.15, 0.2) is 24.3 Å². The second-order valence-corrected chi connectivity index (χ2v) is 3.72. The molecule has 1 aromatic rings. The van der Waals surface area contributed by atoms with Crippen molar-refractivity contribution in [3.8, 4) is 0 Å². The standard InChI is InChI=1S/C12H17NO/c1-2-7-13-12-9-14-8-10-5-3-4-6-11(10)12/h3-6,12-13H,2,7-9H2,1H3/t12-/m1/s1. The Morgan fingerprint density at radius 1 is 1.43 bits per heavy atom. The Kier molecular flexibility index (Phi) is 3.17. The van der Waals surface area contributed by atoms with Gasteiger partial charge >= 0.3 is 0 Å². The molecule has 2 rings (SSSR count). The summed E-state index contributed by atoms with van der Waals surface area (Å²) in [4.78, 5) is 0. The van der Waals surface area contributed by atoms with Crippen LogP contribution in [-0.4, -0.2) is 13.2 Å². The van der Waals surface area contributed by atoms with Crippen LogP contribution in [0, 0.1) is 0 Å². The summed E-state index contributed by atoms with van der Waals surface area (Å²) in [5.41, 5.74) is 2.74. The highest BCUT2D eigenvalue weighted by Crippen LogP contribution is 2.23. The molecule has 1 N–H and O–H groups in total. The molecule has 0 saturated heterocycles. The minimum Gasteiger partial charge on any atom is -0.375 e. The van der Waals surface area contributed by atoms with Crippen LogP contribution in [0.2, 0.25) is 0 Å². The lowest BCUT2D eigenvalue weighted by atomic mass is 9.99. The molecule has 76 valence electrons. The van der Waals surface area contributed by atoms with Gasteiger partial charge in [-0.15, -0.1) is 0 Å². The largest absolute Gasteiger partial charge is 0.375 e. The van der Waals surface area contributed by atoms with Gasteiger partial charge in [0.2, 0.25) is 0 Å². The number of hydrogen-bond donors (Lipinski definition) is 1. The minimum absolute atomic E-state index is 0.389. The van der Waals surface area contributed by atoms with Gasteiger partial charge in [0.15, 0.2) is 0 Å². The van der Waals surface area contributed by atoms with Gasteiger partial charge in [-0.2, -0.15) is 0 Å². The lowest BCUT2D eigenvalue weighted by Crippen LogP contribution is -2.30. The summed E-state index contributed by atoms with van der Waals surface area (Å²) in [7, 11) is 0. The van der Waals surface area contributed by atoms with E-state index < -0.39 is 0 Å². The SMILES string of the molecule is CCCN[C@@H]1COCc2ccccc21. The van der Waals surface area contributed by atoms with Crippen molar-refractivity contribution in [2.45, 2.75) is 26.0 Å². The van der Waals surface area contributed by atoms with Gasteiger partial charge in [0.05, 0.1) is 19.3 Å². The zero-order valence-corrected chi connectivity index (χ0v) is 8.62. The first kappa shape index (κ1) is 9.69. The highest BCUT2D eigenvalue weighted by molar-refractivity contribution is 5.30. The van der Waals surface area contributed by atoms with Crippen molar-refractivity contribution in [1.29, 1.82) is 0 Å². The summed E-state index contributed by atoms with van der Waals surface area (Å²) in [5.74, 6) is 0. The zero-order chi connectivity index (χ0) is 9.80. The highest BCUT2D eigenvalue weighted by atomic mass is 16.5. The van der Waals surface area contributed by atoms with Crippen LogP contribution < -0.4 is 5.32 Å². The molecule has 1 aliphatic rings. The van der Waals surface area contributed by atoms with E-state index >= 15 is 0 Å². The molecule has 0 aliphatic carbocycles. The molecule has 0 radical (unpaired) electrons. The first-order valence-electron chi connectivity index (χ1n) is 5.30. The molecule has 1 aliphatic heterocycles. The van der Waals surface area contributed by atoms with E-state index in [9.17, 15) is 0 Å². The molecule has 0 spiro atoms. The van der Waals surface area contributed by atoms with Crippen molar-refractivity contribution in [3.05, 3.63) is 35.4 Å². The predicted molar refractivity (Wildman–Crippen MR) is 57.1 cm³/mol. The van der Waals surface area contributed by atoms with Gasteiger partial charge in [-0.25, -0.2) is 0 Å². The Hall–Kier alpha value is -0.860. The van der Waals surface area contributed by atoms with Crippen molar-refractivity contribution >= 4 is 0 Å². The maximum Gasteiger partial charge on any atom is 0.0721 e. The number of hydrogen-bond acceptors (Lipinski definition) is 2. The molecule has 14 heavy (non-hydrogen) atoms. The van der Waals surface area contributed by atoms with E-state index in [-0.39, 0.29) is 0 Å². The van der Waals surface area contributed by atoms with E-state index in [1.54, 1.807) is 0 Å². The maximum atomic E-state index is 5.54. The molecule has 0 amide bonds. The molecule has 1 atom stereocenters. The number of rotatable bonds is 3. The topological polar surface area (TPSA) is 21.3 Å². The Morgan fingerprint density at radius 2 is 2.29 bits per heavy atom. The zero-order valence-electron chi connectivity index (χ0n) is 8.62. The van der Waals surface area contributed by atoms with Crippen LogP contribution in [0.1, 0.15) is 30.5 Å². The minimum atomic E-state index is 0.389. The van der Waals surface area contributed by atoms with Gasteiger partial charge in [-0.1, -0.05) is 31.2 Å². The summed E-state index contributed by atoms with van der Waals surface area (Å²) in [6, 6.07) is 8.91. The summed E-state index contributed by atoms with van der Waals surface area (Å²) in [5, 5.41) is 3.50. The van der Waals surface area contributed by atoms with Gasteiger partial charge < -0.3 is 10.1 Å². The van der Waals surface area contributed by atoms with Crippen LogP contribution in [0.3, 0.4) is 0 Å². The molecule has 2 nitrogen and oxygen atoms in total. The van der Waals surface area contributed by atoms with Crippen LogP contribution >= 0.6 is 0 Å². The van der Waals surface area contributed by atoms with Gasteiger partial charge in [-0.3, -0.25) is 0 Å². The summed E-state index contributed by atoms with van der Waals surface area (Å²) < 4.78 is 5.54. The number of ether oxygens (including phenoxy) is 1. The van der Waals surface area contributed by atoms with E-state index in [1.165, 1.54) is 17.5 Å². The molecule has 2 heteroatoms. The van der Waals surface area contributed by atoms with Crippen LogP contribution in [0.25, 0.3) is 0 Å². The van der Waals surface area contributed by atoms with E-state index in [4.69, 9.17) is 4.74 Å². The summed E-state index contributed by atoms with van der Waals surface area (Å²) >= 11 is 0. The van der Waals surface area contributed by atoms with Crippen molar-refractivity contribution < 1.29 is 4.74 Å². The molecule has 0 fully saturated rings. The van der Waals surface area contributed by atoms with Crippen LogP contribution in [0.4, 0.5) is 0 Å². The Bertz CT molecular complexity index is 298. The monoisotopic (exact) mass is 191 g/mol. The lowest BCUT2D eigenvalue weighted by molar-refractivity contribution is 0.0823. The van der Waals surface area contributed by atoms with E-state index in [2.05, 4.69) is 36.5 Å². The van der Waals surface area contributed by atoms with Gasteiger partial charge in [0.1, 0.15) is 0 Å². The number of fused-ring (bicyclic) bond motifs is 1. The van der Waals surface area contributed by atoms with Crippen molar-refractivity contribution in [2.75, 3.05) is 13.2 Å². The first-order chi connectivity index (χ1) is 6.92. The van der Waals surface area contributed by atoms with Crippen molar-refractivity contribution in [1.82, 2.24) is 5.32 Å².